The van der Waals surface area contributed by atoms with Crippen molar-refractivity contribution in [3.63, 3.8) is 0 Å². The molecule has 0 heterocycles. The van der Waals surface area contributed by atoms with Gasteiger partial charge in [0.1, 0.15) is 11.5 Å². The fraction of sp³-hybridized carbons (Fsp3) is 0.111. The lowest BCUT2D eigenvalue weighted by molar-refractivity contribution is 0.101. The summed E-state index contributed by atoms with van der Waals surface area (Å²) >= 11 is 0. The number of Topliss-reactive ketones (excluding diaryl/α,β-unsaturated/α-hetero) is 2. The molecule has 0 unspecified atom stereocenters. The van der Waals surface area contributed by atoms with Gasteiger partial charge in [-0.1, -0.05) is 5.16 Å². The third-order valence-electron chi connectivity index (χ3n) is 3.29. The highest BCUT2D eigenvalue weighted by atomic mass is 16.6. The Morgan fingerprint density at radius 2 is 1.17 bits per heavy atom. The van der Waals surface area contributed by atoms with Crippen LogP contribution in [0.25, 0.3) is 0 Å². The molecule has 123 valence electrons. The van der Waals surface area contributed by atoms with Crippen LogP contribution in [-0.2, 0) is 4.84 Å². The third kappa shape index (κ3) is 3.78. The second-order valence-corrected chi connectivity index (χ2v) is 4.68. The number of hydrogen-bond acceptors (Lipinski definition) is 6. The maximum absolute atomic E-state index is 12.5. The average Bonchev–Trinajstić information content (AvgIpc) is 2.65. The molecular formula is C18H16NO5. The van der Waals surface area contributed by atoms with Gasteiger partial charge in [-0.15, -0.1) is 0 Å². The highest BCUT2D eigenvalue weighted by molar-refractivity contribution is 6.71. The molecule has 0 saturated carbocycles. The maximum Gasteiger partial charge on any atom is 0.218 e. The molecule has 0 N–H and O–H groups in total. The summed E-state index contributed by atoms with van der Waals surface area (Å²) in [7, 11) is 6.14. The molecular weight excluding hydrogens is 310 g/mol. The molecule has 24 heavy (non-hydrogen) atoms. The Kier molecular flexibility index (Phi) is 5.68. The molecule has 1 radical (unpaired) electrons. The molecule has 0 saturated heterocycles. The van der Waals surface area contributed by atoms with E-state index in [9.17, 15) is 9.59 Å². The van der Waals surface area contributed by atoms with E-state index in [1.165, 1.54) is 14.2 Å². The van der Waals surface area contributed by atoms with Gasteiger partial charge >= 0.3 is 0 Å². The van der Waals surface area contributed by atoms with E-state index in [0.717, 1.165) is 0 Å². The SMILES string of the molecule is [CH2]ON=C(C(=O)c1ccc(OC)cc1)C(=O)c1ccc(OC)cc1. The summed E-state index contributed by atoms with van der Waals surface area (Å²) in [4.78, 5) is 29.5. The lowest BCUT2D eigenvalue weighted by atomic mass is 9.99. The minimum Gasteiger partial charge on any atom is -0.497 e. The van der Waals surface area contributed by atoms with Gasteiger partial charge in [0.05, 0.1) is 14.2 Å². The van der Waals surface area contributed by atoms with E-state index >= 15 is 0 Å². The lowest BCUT2D eigenvalue weighted by Gasteiger charge is -2.06. The summed E-state index contributed by atoms with van der Waals surface area (Å²) in [6.45, 7) is 0. The molecule has 0 aliphatic heterocycles. The summed E-state index contributed by atoms with van der Waals surface area (Å²) in [5.74, 6) is 0.0594. The van der Waals surface area contributed by atoms with Gasteiger partial charge in [-0.2, -0.15) is 0 Å². The van der Waals surface area contributed by atoms with Crippen LogP contribution in [0.1, 0.15) is 20.7 Å². The topological polar surface area (TPSA) is 74.2 Å². The Morgan fingerprint density at radius 1 is 0.792 bits per heavy atom. The van der Waals surface area contributed by atoms with Gasteiger partial charge in [-0.05, 0) is 48.5 Å². The normalized spacial score (nSPS) is 9.79. The van der Waals surface area contributed by atoms with Crippen molar-refractivity contribution >= 4 is 17.3 Å². The zero-order chi connectivity index (χ0) is 17.5. The van der Waals surface area contributed by atoms with Gasteiger partial charge in [0.25, 0.3) is 0 Å². The first-order valence-electron chi connectivity index (χ1n) is 6.97. The van der Waals surface area contributed by atoms with Crippen molar-refractivity contribution in [3.8, 4) is 11.5 Å². The molecule has 0 bridgehead atoms. The second-order valence-electron chi connectivity index (χ2n) is 4.68. The third-order valence-corrected chi connectivity index (χ3v) is 3.29. The predicted molar refractivity (Wildman–Crippen MR) is 88.5 cm³/mol. The molecule has 0 fully saturated rings. The molecule has 2 aromatic carbocycles. The Labute approximate surface area is 139 Å². The fourth-order valence-corrected chi connectivity index (χ4v) is 2.01. The van der Waals surface area contributed by atoms with Crippen LogP contribution in [0.2, 0.25) is 0 Å². The van der Waals surface area contributed by atoms with E-state index in [1.807, 2.05) is 0 Å². The highest BCUT2D eigenvalue weighted by Gasteiger charge is 2.24. The number of benzene rings is 2. The number of oxime groups is 1. The van der Waals surface area contributed by atoms with Gasteiger partial charge < -0.3 is 14.3 Å². The van der Waals surface area contributed by atoms with Crippen LogP contribution in [-0.4, -0.2) is 31.5 Å². The van der Waals surface area contributed by atoms with Gasteiger partial charge in [0.15, 0.2) is 12.8 Å². The van der Waals surface area contributed by atoms with Crippen LogP contribution in [0, 0.1) is 7.11 Å². The van der Waals surface area contributed by atoms with Crippen molar-refractivity contribution < 1.29 is 23.9 Å². The predicted octanol–water partition coefficient (Wildman–Crippen LogP) is 2.93. The van der Waals surface area contributed by atoms with Crippen LogP contribution in [0.4, 0.5) is 0 Å². The number of carbonyl (C=O) groups excluding carboxylic acids is 2. The number of carbonyl (C=O) groups is 2. The number of ketones is 2. The fourth-order valence-electron chi connectivity index (χ4n) is 2.01. The summed E-state index contributed by atoms with van der Waals surface area (Å²) < 4.78 is 10.1. The highest BCUT2D eigenvalue weighted by Crippen LogP contribution is 2.16. The van der Waals surface area contributed by atoms with Crippen molar-refractivity contribution in [2.75, 3.05) is 14.2 Å². The Bertz CT molecular complexity index is 686. The van der Waals surface area contributed by atoms with Crippen LogP contribution >= 0.6 is 0 Å². The summed E-state index contributed by atoms with van der Waals surface area (Å²) in [6.07, 6.45) is 0. The minimum atomic E-state index is -0.567. The number of methoxy groups -OCH3 is 2. The first-order valence-corrected chi connectivity index (χ1v) is 6.97. The first-order chi connectivity index (χ1) is 11.6. The molecule has 0 spiro atoms. The largest absolute Gasteiger partial charge is 0.497 e. The molecule has 0 amide bonds. The standard InChI is InChI=1S/C18H16NO5/c1-22-14-8-4-12(5-9-14)17(20)16(19-24-3)18(21)13-6-10-15(23-2)11-7-13/h4-11H,3H2,1-2H3. The van der Waals surface area contributed by atoms with Gasteiger partial charge in [0, 0.05) is 11.1 Å². The Hall–Kier alpha value is -3.15. The maximum atomic E-state index is 12.5. The van der Waals surface area contributed by atoms with Crippen LogP contribution in [0.3, 0.4) is 0 Å². The molecule has 6 nitrogen and oxygen atoms in total. The molecule has 6 heteroatoms. The molecule has 0 atom stereocenters. The minimum absolute atomic E-state index is 0.286. The van der Waals surface area contributed by atoms with E-state index in [4.69, 9.17) is 9.47 Å². The Morgan fingerprint density at radius 3 is 1.46 bits per heavy atom. The van der Waals surface area contributed by atoms with E-state index in [-0.39, 0.29) is 16.8 Å². The van der Waals surface area contributed by atoms with E-state index in [2.05, 4.69) is 17.1 Å². The number of hydrogen-bond donors (Lipinski definition) is 0. The zero-order valence-corrected chi connectivity index (χ0v) is 13.3. The molecule has 2 aromatic rings. The van der Waals surface area contributed by atoms with Gasteiger partial charge in [0.2, 0.25) is 11.6 Å². The van der Waals surface area contributed by atoms with Crippen LogP contribution in [0.15, 0.2) is 53.7 Å². The Balaban J connectivity index is 2.31. The van der Waals surface area contributed by atoms with Gasteiger partial charge in [-0.25, -0.2) is 0 Å². The monoisotopic (exact) mass is 326 g/mol. The summed E-state index contributed by atoms with van der Waals surface area (Å²) in [6, 6.07) is 12.6. The molecule has 0 aliphatic carbocycles. The smallest absolute Gasteiger partial charge is 0.218 e. The van der Waals surface area contributed by atoms with Crippen molar-refractivity contribution in [3.05, 3.63) is 66.8 Å². The number of ether oxygens (including phenoxy) is 2. The van der Waals surface area contributed by atoms with Gasteiger partial charge in [-0.3, -0.25) is 9.59 Å². The molecule has 2 rings (SSSR count). The van der Waals surface area contributed by atoms with Crippen LogP contribution < -0.4 is 9.47 Å². The van der Waals surface area contributed by atoms with E-state index in [1.54, 1.807) is 48.5 Å². The van der Waals surface area contributed by atoms with Crippen molar-refractivity contribution in [1.29, 1.82) is 0 Å². The summed E-state index contributed by atoms with van der Waals surface area (Å²) in [5.41, 5.74) is 0.210. The number of nitrogens with zero attached hydrogens (tertiary/aromatic N) is 1. The average molecular weight is 326 g/mol. The van der Waals surface area contributed by atoms with E-state index < -0.39 is 11.6 Å². The molecule has 0 aliphatic rings. The first kappa shape index (κ1) is 17.2. The number of rotatable bonds is 7. The van der Waals surface area contributed by atoms with Crippen molar-refractivity contribution in [1.82, 2.24) is 0 Å². The van der Waals surface area contributed by atoms with Crippen LogP contribution in [0.5, 0.6) is 11.5 Å². The molecule has 0 aromatic heterocycles. The zero-order valence-electron chi connectivity index (χ0n) is 13.3. The second kappa shape index (κ2) is 7.92. The lowest BCUT2D eigenvalue weighted by Crippen LogP contribution is -2.25. The van der Waals surface area contributed by atoms with E-state index in [0.29, 0.717) is 11.5 Å². The van der Waals surface area contributed by atoms with Crippen molar-refractivity contribution in [2.45, 2.75) is 0 Å². The quantitative estimate of drug-likeness (QED) is 0.338. The summed E-state index contributed by atoms with van der Waals surface area (Å²) in [5, 5.41) is 3.51. The van der Waals surface area contributed by atoms with Crippen molar-refractivity contribution in [2.24, 2.45) is 5.16 Å².